The van der Waals surface area contributed by atoms with Gasteiger partial charge in [-0.1, -0.05) is 41.9 Å². The van der Waals surface area contributed by atoms with Gasteiger partial charge in [0.2, 0.25) is 0 Å². The van der Waals surface area contributed by atoms with Crippen LogP contribution < -0.4 is 5.32 Å². The van der Waals surface area contributed by atoms with E-state index in [-0.39, 0.29) is 11.9 Å². The van der Waals surface area contributed by atoms with Crippen molar-refractivity contribution >= 4 is 17.5 Å². The number of halogens is 1. The summed E-state index contributed by atoms with van der Waals surface area (Å²) in [4.78, 5) is 15.7. The lowest BCUT2D eigenvalue weighted by atomic mass is 10.0. The van der Waals surface area contributed by atoms with Crippen LogP contribution in [-0.4, -0.2) is 39.7 Å². The van der Waals surface area contributed by atoms with Gasteiger partial charge in [0.15, 0.2) is 0 Å². The highest BCUT2D eigenvalue weighted by Crippen LogP contribution is 2.42. The van der Waals surface area contributed by atoms with E-state index in [1.165, 1.54) is 11.1 Å². The SMILES string of the molecule is Cc1ccc(-n2ncc(C(=O)NC3CCN(Cc4ccccc4C)CC3)c2C2CC2)cc1Cl. The van der Waals surface area contributed by atoms with Gasteiger partial charge >= 0.3 is 0 Å². The average molecular weight is 463 g/mol. The number of rotatable bonds is 6. The van der Waals surface area contributed by atoms with Crippen molar-refractivity contribution in [3.05, 3.63) is 81.6 Å². The Labute approximate surface area is 200 Å². The molecule has 0 radical (unpaired) electrons. The maximum Gasteiger partial charge on any atom is 0.255 e. The predicted octanol–water partition coefficient (Wildman–Crippen LogP) is 5.41. The number of amides is 1. The van der Waals surface area contributed by atoms with Crippen LogP contribution in [0.15, 0.2) is 48.7 Å². The minimum absolute atomic E-state index is 0.00119. The van der Waals surface area contributed by atoms with Gasteiger partial charge in [0.25, 0.3) is 5.91 Å². The smallest absolute Gasteiger partial charge is 0.255 e. The highest BCUT2D eigenvalue weighted by molar-refractivity contribution is 6.31. The molecular weight excluding hydrogens is 432 g/mol. The van der Waals surface area contributed by atoms with Crippen LogP contribution in [0, 0.1) is 13.8 Å². The fourth-order valence-corrected chi connectivity index (χ4v) is 4.90. The summed E-state index contributed by atoms with van der Waals surface area (Å²) in [6.45, 7) is 7.13. The molecule has 1 amide bonds. The Bertz CT molecular complexity index is 1160. The van der Waals surface area contributed by atoms with Crippen LogP contribution in [0.5, 0.6) is 0 Å². The van der Waals surface area contributed by atoms with E-state index in [2.05, 4.69) is 46.5 Å². The first-order valence-electron chi connectivity index (χ1n) is 11.9. The fraction of sp³-hybridized carbons (Fsp3) is 0.407. The van der Waals surface area contributed by atoms with E-state index >= 15 is 0 Å². The average Bonchev–Trinajstić information content (AvgIpc) is 3.56. The van der Waals surface area contributed by atoms with Crippen LogP contribution >= 0.6 is 11.6 Å². The van der Waals surface area contributed by atoms with Gasteiger partial charge in [-0.3, -0.25) is 9.69 Å². The van der Waals surface area contributed by atoms with Crippen molar-refractivity contribution in [2.24, 2.45) is 0 Å². The van der Waals surface area contributed by atoms with Gasteiger partial charge in [-0.25, -0.2) is 4.68 Å². The van der Waals surface area contributed by atoms with E-state index in [1.54, 1.807) is 6.20 Å². The van der Waals surface area contributed by atoms with Gasteiger partial charge in [-0.15, -0.1) is 0 Å². The van der Waals surface area contributed by atoms with E-state index in [1.807, 2.05) is 29.8 Å². The van der Waals surface area contributed by atoms with E-state index in [4.69, 9.17) is 11.6 Å². The Morgan fingerprint density at radius 2 is 1.82 bits per heavy atom. The maximum atomic E-state index is 13.2. The second-order valence-corrected chi connectivity index (χ2v) is 9.92. The lowest BCUT2D eigenvalue weighted by Gasteiger charge is -2.32. The Morgan fingerprint density at radius 3 is 2.52 bits per heavy atom. The van der Waals surface area contributed by atoms with Crippen molar-refractivity contribution in [3.8, 4) is 5.69 Å². The van der Waals surface area contributed by atoms with Crippen LogP contribution in [0.2, 0.25) is 5.02 Å². The molecular formula is C27H31ClN4O. The number of nitrogens with one attached hydrogen (secondary N) is 1. The van der Waals surface area contributed by atoms with Crippen LogP contribution in [-0.2, 0) is 6.54 Å². The third-order valence-corrected chi connectivity index (χ3v) is 7.40. The third-order valence-electron chi connectivity index (χ3n) is 6.99. The number of nitrogens with zero attached hydrogens (tertiary/aromatic N) is 3. The molecule has 2 heterocycles. The van der Waals surface area contributed by atoms with E-state index < -0.39 is 0 Å². The molecule has 5 nitrogen and oxygen atoms in total. The first kappa shape index (κ1) is 22.2. The van der Waals surface area contributed by atoms with Gasteiger partial charge < -0.3 is 5.32 Å². The number of piperidine rings is 1. The largest absolute Gasteiger partial charge is 0.349 e. The normalized spacial score (nSPS) is 17.3. The summed E-state index contributed by atoms with van der Waals surface area (Å²) >= 11 is 6.36. The van der Waals surface area contributed by atoms with Gasteiger partial charge in [0.1, 0.15) is 0 Å². The molecule has 1 aromatic heterocycles. The predicted molar refractivity (Wildman–Crippen MR) is 132 cm³/mol. The summed E-state index contributed by atoms with van der Waals surface area (Å²) < 4.78 is 1.91. The number of likely N-dealkylation sites (tertiary alicyclic amines) is 1. The summed E-state index contributed by atoms with van der Waals surface area (Å²) in [6.07, 6.45) is 5.87. The van der Waals surface area contributed by atoms with Crippen molar-refractivity contribution < 1.29 is 4.79 Å². The molecule has 1 N–H and O–H groups in total. The molecule has 0 atom stereocenters. The van der Waals surface area contributed by atoms with Crippen molar-refractivity contribution in [3.63, 3.8) is 0 Å². The number of aryl methyl sites for hydroxylation is 2. The molecule has 0 spiro atoms. The fourth-order valence-electron chi connectivity index (χ4n) is 4.73. The molecule has 2 aromatic carbocycles. The molecule has 6 heteroatoms. The summed E-state index contributed by atoms with van der Waals surface area (Å²) in [7, 11) is 0. The molecule has 1 saturated carbocycles. The lowest BCUT2D eigenvalue weighted by Crippen LogP contribution is -2.44. The zero-order chi connectivity index (χ0) is 22.9. The first-order valence-corrected chi connectivity index (χ1v) is 12.3. The zero-order valence-electron chi connectivity index (χ0n) is 19.4. The number of carbonyl (C=O) groups excluding carboxylic acids is 1. The maximum absolute atomic E-state index is 13.2. The number of aromatic nitrogens is 2. The molecule has 0 unspecified atom stereocenters. The molecule has 5 rings (SSSR count). The minimum atomic E-state index is -0.00119. The summed E-state index contributed by atoms with van der Waals surface area (Å²) in [6, 6.07) is 14.7. The molecule has 3 aromatic rings. The molecule has 33 heavy (non-hydrogen) atoms. The van der Waals surface area contributed by atoms with Crippen molar-refractivity contribution in [1.29, 1.82) is 0 Å². The number of benzene rings is 2. The Hall–Kier alpha value is -2.63. The van der Waals surface area contributed by atoms with E-state index in [0.717, 1.165) is 62.3 Å². The molecule has 172 valence electrons. The Kier molecular flexibility index (Phi) is 6.26. The second kappa shape index (κ2) is 9.32. The van der Waals surface area contributed by atoms with Gasteiger partial charge in [-0.2, -0.15) is 5.10 Å². The number of carbonyl (C=O) groups is 1. The van der Waals surface area contributed by atoms with Crippen LogP contribution in [0.3, 0.4) is 0 Å². The second-order valence-electron chi connectivity index (χ2n) is 9.51. The van der Waals surface area contributed by atoms with E-state index in [0.29, 0.717) is 16.5 Å². The van der Waals surface area contributed by atoms with Crippen molar-refractivity contribution in [1.82, 2.24) is 20.0 Å². The van der Waals surface area contributed by atoms with E-state index in [9.17, 15) is 4.79 Å². The molecule has 1 saturated heterocycles. The van der Waals surface area contributed by atoms with Crippen molar-refractivity contribution in [2.75, 3.05) is 13.1 Å². The molecule has 1 aliphatic carbocycles. The topological polar surface area (TPSA) is 50.2 Å². The summed E-state index contributed by atoms with van der Waals surface area (Å²) in [5, 5.41) is 8.60. The molecule has 2 aliphatic rings. The van der Waals surface area contributed by atoms with Gasteiger partial charge in [0.05, 0.1) is 23.1 Å². The summed E-state index contributed by atoms with van der Waals surface area (Å²) in [5.41, 5.74) is 6.40. The highest BCUT2D eigenvalue weighted by Gasteiger charge is 2.33. The molecule has 1 aliphatic heterocycles. The first-order chi connectivity index (χ1) is 16.0. The van der Waals surface area contributed by atoms with Gasteiger partial charge in [-0.05, 0) is 68.4 Å². The van der Waals surface area contributed by atoms with Crippen LogP contribution in [0.4, 0.5) is 0 Å². The molecule has 0 bridgehead atoms. The van der Waals surface area contributed by atoms with Gasteiger partial charge in [0, 0.05) is 36.6 Å². The zero-order valence-corrected chi connectivity index (χ0v) is 20.1. The van der Waals surface area contributed by atoms with Crippen LogP contribution in [0.25, 0.3) is 5.69 Å². The Morgan fingerprint density at radius 1 is 1.06 bits per heavy atom. The number of hydrogen-bond donors (Lipinski definition) is 1. The quantitative estimate of drug-likeness (QED) is 0.532. The van der Waals surface area contributed by atoms with Crippen molar-refractivity contribution in [2.45, 2.75) is 58.0 Å². The monoisotopic (exact) mass is 462 g/mol. The lowest BCUT2D eigenvalue weighted by molar-refractivity contribution is 0.0908. The highest BCUT2D eigenvalue weighted by atomic mass is 35.5. The van der Waals surface area contributed by atoms with Crippen LogP contribution in [0.1, 0.15) is 64.3 Å². The molecule has 2 fully saturated rings. The number of hydrogen-bond acceptors (Lipinski definition) is 3. The Balaban J connectivity index is 1.25. The summed E-state index contributed by atoms with van der Waals surface area (Å²) in [5.74, 6) is 0.392. The third kappa shape index (κ3) is 4.85. The minimum Gasteiger partial charge on any atom is -0.349 e. The standard InChI is InChI=1S/C27H31ClN4O/c1-18-5-3-4-6-21(18)17-31-13-11-22(12-14-31)30-27(33)24-16-29-32(26(24)20-8-9-20)23-10-7-19(2)25(28)15-23/h3-7,10,15-16,20,22H,8-9,11-14,17H2,1-2H3,(H,30,33).